The number of hydrogen-bond donors (Lipinski definition) is 0. The van der Waals surface area contributed by atoms with Crippen LogP contribution in [-0.2, 0) is 27.9 Å². The van der Waals surface area contributed by atoms with Gasteiger partial charge >= 0.3 is 0 Å². The van der Waals surface area contributed by atoms with E-state index in [1.54, 1.807) is 0 Å². The summed E-state index contributed by atoms with van der Waals surface area (Å²) in [4.78, 5) is 15.7. The molecule has 0 unspecified atom stereocenters. The van der Waals surface area contributed by atoms with Gasteiger partial charge in [0.1, 0.15) is 5.82 Å². The first-order valence-electron chi connectivity index (χ1n) is 13.2. The minimum absolute atomic E-state index is 0.00672. The van der Waals surface area contributed by atoms with Crippen molar-refractivity contribution < 1.29 is 17.6 Å². The van der Waals surface area contributed by atoms with Crippen LogP contribution in [0.5, 0.6) is 0 Å². The fraction of sp³-hybridized carbons (Fsp3) is 0.414. The van der Waals surface area contributed by atoms with Crippen molar-refractivity contribution >= 4 is 31.9 Å². The molecule has 204 valence electrons. The summed E-state index contributed by atoms with van der Waals surface area (Å²) >= 11 is 3.48. The number of benzene rings is 2. The number of carbonyl (C=O) groups is 1. The highest BCUT2D eigenvalue weighted by Gasteiger charge is 2.31. The predicted molar refractivity (Wildman–Crippen MR) is 151 cm³/mol. The van der Waals surface area contributed by atoms with E-state index in [0.29, 0.717) is 19.5 Å². The Hall–Kier alpha value is -2.49. The summed E-state index contributed by atoms with van der Waals surface area (Å²) in [6, 6.07) is 17.0. The van der Waals surface area contributed by atoms with Crippen LogP contribution in [0.15, 0.2) is 76.2 Å². The zero-order valence-electron chi connectivity index (χ0n) is 21.7. The number of halogens is 2. The highest BCUT2D eigenvalue weighted by Crippen LogP contribution is 2.26. The molecule has 0 radical (unpaired) electrons. The Labute approximate surface area is 233 Å². The van der Waals surface area contributed by atoms with Crippen molar-refractivity contribution in [2.75, 3.05) is 13.1 Å². The molecule has 1 saturated carbocycles. The van der Waals surface area contributed by atoms with Crippen LogP contribution in [0.1, 0.15) is 56.7 Å². The third kappa shape index (κ3) is 7.12. The van der Waals surface area contributed by atoms with Gasteiger partial charge in [-0.2, -0.15) is 4.31 Å². The van der Waals surface area contributed by atoms with Gasteiger partial charge in [0.15, 0.2) is 0 Å². The Morgan fingerprint density at radius 2 is 1.71 bits per heavy atom. The normalized spacial score (nSPS) is 14.6. The van der Waals surface area contributed by atoms with Crippen LogP contribution >= 0.6 is 15.9 Å². The van der Waals surface area contributed by atoms with Crippen molar-refractivity contribution in [3.63, 3.8) is 0 Å². The van der Waals surface area contributed by atoms with Gasteiger partial charge in [-0.25, -0.2) is 12.8 Å². The van der Waals surface area contributed by atoms with Crippen LogP contribution in [0.3, 0.4) is 0 Å². The van der Waals surface area contributed by atoms with Gasteiger partial charge < -0.3 is 9.47 Å². The SMILES string of the molecule is CCCN(CC(=O)N(Cc1cccn1Cc1ccc(Br)cc1)C1CCCCC1)S(=O)(=O)c1ccc(F)cc1. The molecule has 3 aromatic rings. The van der Waals surface area contributed by atoms with Crippen molar-refractivity contribution in [1.82, 2.24) is 13.8 Å². The molecule has 38 heavy (non-hydrogen) atoms. The first kappa shape index (κ1) is 28.5. The van der Waals surface area contributed by atoms with E-state index in [9.17, 15) is 17.6 Å². The van der Waals surface area contributed by atoms with Crippen molar-refractivity contribution in [2.45, 2.75) is 69.5 Å². The lowest BCUT2D eigenvalue weighted by Crippen LogP contribution is -2.47. The number of carbonyl (C=O) groups excluding carboxylic acids is 1. The Balaban J connectivity index is 1.57. The van der Waals surface area contributed by atoms with E-state index in [1.807, 2.05) is 42.3 Å². The molecule has 6 nitrogen and oxygen atoms in total. The van der Waals surface area contributed by atoms with Crippen LogP contribution in [0.25, 0.3) is 0 Å². The molecule has 1 aliphatic carbocycles. The maximum absolute atomic E-state index is 13.8. The molecule has 9 heteroatoms. The summed E-state index contributed by atoms with van der Waals surface area (Å²) in [6.45, 7) is 2.96. The Kier molecular flexibility index (Phi) is 9.79. The van der Waals surface area contributed by atoms with Crippen molar-refractivity contribution in [3.05, 3.63) is 88.4 Å². The maximum atomic E-state index is 13.8. The van der Waals surface area contributed by atoms with E-state index >= 15 is 0 Å². The molecule has 1 amide bonds. The second-order valence-electron chi connectivity index (χ2n) is 9.86. The van der Waals surface area contributed by atoms with Crippen LogP contribution in [-0.4, -0.2) is 47.2 Å². The average Bonchev–Trinajstić information content (AvgIpc) is 3.35. The van der Waals surface area contributed by atoms with E-state index in [0.717, 1.165) is 60.0 Å². The van der Waals surface area contributed by atoms with E-state index in [2.05, 4.69) is 32.6 Å². The van der Waals surface area contributed by atoms with Crippen LogP contribution < -0.4 is 0 Å². The quantitative estimate of drug-likeness (QED) is 0.262. The maximum Gasteiger partial charge on any atom is 0.243 e. The van der Waals surface area contributed by atoms with Gasteiger partial charge in [-0.3, -0.25) is 4.79 Å². The number of rotatable bonds is 11. The fourth-order valence-electron chi connectivity index (χ4n) is 5.05. The molecule has 0 spiro atoms. The lowest BCUT2D eigenvalue weighted by Gasteiger charge is -2.36. The van der Waals surface area contributed by atoms with Gasteiger partial charge in [-0.15, -0.1) is 0 Å². The smallest absolute Gasteiger partial charge is 0.243 e. The van der Waals surface area contributed by atoms with Crippen LogP contribution in [0.2, 0.25) is 0 Å². The summed E-state index contributed by atoms with van der Waals surface area (Å²) in [5.41, 5.74) is 2.16. The molecule has 1 heterocycles. The summed E-state index contributed by atoms with van der Waals surface area (Å²) in [5, 5.41) is 0. The summed E-state index contributed by atoms with van der Waals surface area (Å²) in [5.74, 6) is -0.705. The highest BCUT2D eigenvalue weighted by atomic mass is 79.9. The lowest BCUT2D eigenvalue weighted by molar-refractivity contribution is -0.135. The zero-order chi connectivity index (χ0) is 27.1. The van der Waals surface area contributed by atoms with E-state index in [1.165, 1.54) is 16.4 Å². The van der Waals surface area contributed by atoms with Gasteiger partial charge in [0.05, 0.1) is 18.0 Å². The molecule has 1 aromatic heterocycles. The standard InChI is InChI=1S/C29H35BrFN3O3S/c1-2-18-33(38(36,37)28-16-14-25(31)15-17-28)22-29(35)34(26-7-4-3-5-8-26)21-27-9-6-19-32(27)20-23-10-12-24(30)13-11-23/h6,9-17,19,26H,2-5,7-8,18,20-22H2,1H3. The largest absolute Gasteiger partial charge is 0.345 e. The number of aromatic nitrogens is 1. The third-order valence-electron chi connectivity index (χ3n) is 7.09. The summed E-state index contributed by atoms with van der Waals surface area (Å²) < 4.78 is 44.6. The number of sulfonamides is 1. The topological polar surface area (TPSA) is 62.6 Å². The summed E-state index contributed by atoms with van der Waals surface area (Å²) in [7, 11) is -3.94. The molecule has 0 bridgehead atoms. The molecule has 0 saturated heterocycles. The Morgan fingerprint density at radius 1 is 1.03 bits per heavy atom. The number of hydrogen-bond acceptors (Lipinski definition) is 3. The highest BCUT2D eigenvalue weighted by molar-refractivity contribution is 9.10. The molecule has 0 aliphatic heterocycles. The molecule has 0 atom stereocenters. The molecule has 4 rings (SSSR count). The van der Waals surface area contributed by atoms with E-state index in [-0.39, 0.29) is 29.9 Å². The van der Waals surface area contributed by atoms with Crippen molar-refractivity contribution in [3.8, 4) is 0 Å². The zero-order valence-corrected chi connectivity index (χ0v) is 24.1. The minimum atomic E-state index is -3.94. The molecule has 2 aromatic carbocycles. The number of amides is 1. The minimum Gasteiger partial charge on any atom is -0.345 e. The molecule has 1 fully saturated rings. The second kappa shape index (κ2) is 13.0. The Morgan fingerprint density at radius 3 is 2.37 bits per heavy atom. The van der Waals surface area contributed by atoms with Crippen LogP contribution in [0, 0.1) is 5.82 Å². The molecule has 1 aliphatic rings. The molecular formula is C29H35BrFN3O3S. The second-order valence-corrected chi connectivity index (χ2v) is 12.7. The van der Waals surface area contributed by atoms with E-state index < -0.39 is 15.8 Å². The third-order valence-corrected chi connectivity index (χ3v) is 9.48. The van der Waals surface area contributed by atoms with Crippen molar-refractivity contribution in [2.24, 2.45) is 0 Å². The first-order valence-corrected chi connectivity index (χ1v) is 15.4. The van der Waals surface area contributed by atoms with Gasteiger partial charge in [0.2, 0.25) is 15.9 Å². The van der Waals surface area contributed by atoms with Crippen LogP contribution in [0.4, 0.5) is 4.39 Å². The first-order chi connectivity index (χ1) is 18.3. The van der Waals surface area contributed by atoms with E-state index in [4.69, 9.17) is 0 Å². The van der Waals surface area contributed by atoms with Crippen molar-refractivity contribution in [1.29, 1.82) is 0 Å². The lowest BCUT2D eigenvalue weighted by atomic mass is 9.94. The monoisotopic (exact) mass is 603 g/mol. The Bertz CT molecular complexity index is 1300. The number of nitrogens with zero attached hydrogens (tertiary/aromatic N) is 3. The van der Waals surface area contributed by atoms with Gasteiger partial charge in [-0.05, 0) is 73.4 Å². The molecular weight excluding hydrogens is 569 g/mol. The van der Waals surface area contributed by atoms with Gasteiger partial charge in [-0.1, -0.05) is 54.2 Å². The summed E-state index contributed by atoms with van der Waals surface area (Å²) in [6.07, 6.45) is 7.67. The average molecular weight is 605 g/mol. The van der Waals surface area contributed by atoms with Gasteiger partial charge in [0.25, 0.3) is 0 Å². The fourth-order valence-corrected chi connectivity index (χ4v) is 6.80. The molecule has 0 N–H and O–H groups in total. The van der Waals surface area contributed by atoms with Gasteiger partial charge in [0, 0.05) is 35.5 Å². The predicted octanol–water partition coefficient (Wildman–Crippen LogP) is 6.20.